The smallest absolute Gasteiger partial charge is 0.370 e. The molecule has 1 fully saturated rings. The number of aliphatic imine (C=N–C) groups is 1. The van der Waals surface area contributed by atoms with E-state index in [2.05, 4.69) is 4.99 Å². The average Bonchev–Trinajstić information content (AvgIpc) is 2.32. The second-order valence-corrected chi connectivity index (χ2v) is 7.80. The first-order valence-corrected chi connectivity index (χ1v) is 8.59. The van der Waals surface area contributed by atoms with Crippen molar-refractivity contribution >= 4 is 21.7 Å². The van der Waals surface area contributed by atoms with Gasteiger partial charge in [0, 0.05) is 5.56 Å². The number of hydrogen-bond donors (Lipinski definition) is 2. The molecule has 0 radical (unpaired) electrons. The predicted octanol–water partition coefficient (Wildman–Crippen LogP) is 1.75. The van der Waals surface area contributed by atoms with Gasteiger partial charge in [0.05, 0.1) is 15.7 Å². The predicted molar refractivity (Wildman–Crippen MR) is 81.1 cm³/mol. The van der Waals surface area contributed by atoms with Crippen molar-refractivity contribution in [1.82, 2.24) is 0 Å². The summed E-state index contributed by atoms with van der Waals surface area (Å²) in [5.74, 6) is -1.66. The van der Waals surface area contributed by atoms with Crippen LogP contribution in [0.3, 0.4) is 0 Å². The molecule has 0 heterocycles. The Bertz CT molecular complexity index is 809. The summed E-state index contributed by atoms with van der Waals surface area (Å²) in [5, 5.41) is -0.822. The highest BCUT2D eigenvalue weighted by Gasteiger charge is 2.42. The van der Waals surface area contributed by atoms with E-state index >= 15 is 0 Å². The van der Waals surface area contributed by atoms with Crippen LogP contribution >= 0.6 is 0 Å². The summed E-state index contributed by atoms with van der Waals surface area (Å²) < 4.78 is 64.9. The van der Waals surface area contributed by atoms with Crippen LogP contribution in [-0.2, 0) is 16.0 Å². The topological polar surface area (TPSA) is 116 Å². The van der Waals surface area contributed by atoms with Crippen LogP contribution in [0.1, 0.15) is 40.7 Å². The van der Waals surface area contributed by atoms with E-state index in [9.17, 15) is 26.4 Å². The van der Waals surface area contributed by atoms with Crippen molar-refractivity contribution < 1.29 is 26.4 Å². The summed E-state index contributed by atoms with van der Waals surface area (Å²) in [6, 6.07) is 1.36. The molecule has 1 aliphatic carbocycles. The Balaban J connectivity index is 2.67. The van der Waals surface area contributed by atoms with Gasteiger partial charge < -0.3 is 11.5 Å². The van der Waals surface area contributed by atoms with Gasteiger partial charge in [-0.05, 0) is 37.5 Å². The number of benzene rings is 1. The maximum absolute atomic E-state index is 13.3. The lowest BCUT2D eigenvalue weighted by molar-refractivity contribution is -0.139. The van der Waals surface area contributed by atoms with Gasteiger partial charge >= 0.3 is 6.18 Å². The Morgan fingerprint density at radius 2 is 1.83 bits per heavy atom. The summed E-state index contributed by atoms with van der Waals surface area (Å²) in [4.78, 5) is 14.2. The number of alkyl halides is 3. The maximum Gasteiger partial charge on any atom is 0.417 e. The van der Waals surface area contributed by atoms with Crippen molar-refractivity contribution in [2.45, 2.75) is 42.5 Å². The van der Waals surface area contributed by atoms with E-state index in [1.165, 1.54) is 6.92 Å². The third kappa shape index (κ3) is 3.37. The van der Waals surface area contributed by atoms with Crippen molar-refractivity contribution in [1.29, 1.82) is 0 Å². The standard InChI is InChI=1S/C14H16F3N3O3S/c1-7-5-11(24(22,23)8-3-2-4-8)10(14(15,16)17)6-9(7)12(21)20-13(18)19/h5-6,8H,2-4H2,1H3,(H4,18,19,20,21). The summed E-state index contributed by atoms with van der Waals surface area (Å²) in [6.45, 7) is 1.33. The molecule has 0 unspecified atom stereocenters. The van der Waals surface area contributed by atoms with E-state index in [1.54, 1.807) is 0 Å². The Morgan fingerprint density at radius 3 is 2.25 bits per heavy atom. The van der Waals surface area contributed by atoms with Gasteiger partial charge in [0.1, 0.15) is 0 Å². The number of guanidine groups is 1. The highest BCUT2D eigenvalue weighted by Crippen LogP contribution is 2.40. The molecule has 1 aromatic rings. The minimum absolute atomic E-state index is 0.0518. The maximum atomic E-state index is 13.3. The zero-order chi connectivity index (χ0) is 18.3. The summed E-state index contributed by atoms with van der Waals surface area (Å²) >= 11 is 0. The minimum Gasteiger partial charge on any atom is -0.370 e. The Hall–Kier alpha value is -2.10. The van der Waals surface area contributed by atoms with Crippen LogP contribution in [0, 0.1) is 6.92 Å². The summed E-state index contributed by atoms with van der Waals surface area (Å²) in [5.41, 5.74) is 8.39. The molecule has 0 saturated heterocycles. The fourth-order valence-corrected chi connectivity index (χ4v) is 4.54. The van der Waals surface area contributed by atoms with Crippen LogP contribution in [0.2, 0.25) is 0 Å². The Morgan fingerprint density at radius 1 is 1.25 bits per heavy atom. The van der Waals surface area contributed by atoms with Crippen LogP contribution in [-0.4, -0.2) is 25.5 Å². The monoisotopic (exact) mass is 363 g/mol. The van der Waals surface area contributed by atoms with Gasteiger partial charge in [0.15, 0.2) is 15.8 Å². The van der Waals surface area contributed by atoms with Gasteiger partial charge in [-0.3, -0.25) is 4.79 Å². The van der Waals surface area contributed by atoms with Crippen molar-refractivity contribution in [2.75, 3.05) is 0 Å². The van der Waals surface area contributed by atoms with E-state index in [1.807, 2.05) is 0 Å². The quantitative estimate of drug-likeness (QED) is 0.627. The number of hydrogen-bond acceptors (Lipinski definition) is 3. The van der Waals surface area contributed by atoms with Crippen molar-refractivity contribution in [3.63, 3.8) is 0 Å². The van der Waals surface area contributed by atoms with Gasteiger partial charge in [-0.15, -0.1) is 0 Å². The number of nitrogens with zero attached hydrogens (tertiary/aromatic N) is 1. The molecule has 0 atom stereocenters. The Kier molecular flexibility index (Phi) is 4.62. The highest BCUT2D eigenvalue weighted by molar-refractivity contribution is 7.92. The van der Waals surface area contributed by atoms with E-state index < -0.39 is 49.2 Å². The van der Waals surface area contributed by atoms with E-state index in [-0.39, 0.29) is 5.56 Å². The second-order valence-electron chi connectivity index (χ2n) is 5.60. The molecule has 0 bridgehead atoms. The molecule has 1 aromatic carbocycles. The summed E-state index contributed by atoms with van der Waals surface area (Å²) in [6.07, 6.45) is -3.63. The lowest BCUT2D eigenvalue weighted by Crippen LogP contribution is -2.30. The molecule has 4 N–H and O–H groups in total. The molecule has 2 rings (SSSR count). The first-order valence-electron chi connectivity index (χ1n) is 7.04. The van der Waals surface area contributed by atoms with Crippen LogP contribution in [0.4, 0.5) is 13.2 Å². The molecule has 0 spiro atoms. The minimum atomic E-state index is -4.94. The zero-order valence-electron chi connectivity index (χ0n) is 12.7. The lowest BCUT2D eigenvalue weighted by Gasteiger charge is -2.27. The van der Waals surface area contributed by atoms with Gasteiger partial charge in [-0.2, -0.15) is 18.2 Å². The molecule has 1 aliphatic rings. The van der Waals surface area contributed by atoms with E-state index in [4.69, 9.17) is 11.5 Å². The molecule has 1 saturated carbocycles. The second kappa shape index (κ2) is 6.08. The molecular formula is C14H16F3N3O3S. The number of halogens is 3. The third-order valence-corrected chi connectivity index (χ3v) is 6.19. The van der Waals surface area contributed by atoms with Gasteiger partial charge in [0.25, 0.3) is 5.91 Å². The van der Waals surface area contributed by atoms with Crippen molar-refractivity contribution in [3.8, 4) is 0 Å². The summed E-state index contributed by atoms with van der Waals surface area (Å²) in [7, 11) is -4.12. The van der Waals surface area contributed by atoms with Crippen molar-refractivity contribution in [3.05, 3.63) is 28.8 Å². The number of sulfone groups is 1. The number of nitrogens with two attached hydrogens (primary N) is 2. The molecule has 132 valence electrons. The molecule has 0 aromatic heterocycles. The number of aryl methyl sites for hydroxylation is 1. The van der Waals surface area contributed by atoms with Crippen molar-refractivity contribution in [2.24, 2.45) is 16.5 Å². The number of carbonyl (C=O) groups is 1. The first-order chi connectivity index (χ1) is 10.9. The molecular weight excluding hydrogens is 347 g/mol. The van der Waals surface area contributed by atoms with Crippen LogP contribution < -0.4 is 11.5 Å². The molecule has 6 nitrogen and oxygen atoms in total. The number of rotatable bonds is 3. The molecule has 1 amide bonds. The third-order valence-electron chi connectivity index (χ3n) is 3.89. The van der Waals surface area contributed by atoms with Crippen LogP contribution in [0.15, 0.2) is 22.0 Å². The largest absolute Gasteiger partial charge is 0.417 e. The fraction of sp³-hybridized carbons (Fsp3) is 0.429. The molecule has 0 aliphatic heterocycles. The van der Waals surface area contributed by atoms with E-state index in [0.717, 1.165) is 6.07 Å². The Labute approximate surface area is 136 Å². The number of amides is 1. The zero-order valence-corrected chi connectivity index (χ0v) is 13.5. The van der Waals surface area contributed by atoms with Gasteiger partial charge in [-0.1, -0.05) is 6.42 Å². The lowest BCUT2D eigenvalue weighted by atomic mass is 10.00. The highest BCUT2D eigenvalue weighted by atomic mass is 32.2. The normalized spacial score (nSPS) is 15.7. The average molecular weight is 363 g/mol. The fourth-order valence-electron chi connectivity index (χ4n) is 2.41. The van der Waals surface area contributed by atoms with E-state index in [0.29, 0.717) is 25.3 Å². The molecule has 24 heavy (non-hydrogen) atoms. The SMILES string of the molecule is Cc1cc(S(=O)(=O)C2CCC2)c(C(F)(F)F)cc1C(=O)N=C(N)N. The van der Waals surface area contributed by atoms with Gasteiger partial charge in [0.2, 0.25) is 0 Å². The first kappa shape index (κ1) is 18.2. The van der Waals surface area contributed by atoms with Crippen LogP contribution in [0.25, 0.3) is 0 Å². The van der Waals surface area contributed by atoms with Gasteiger partial charge in [-0.25, -0.2) is 8.42 Å². The van der Waals surface area contributed by atoms with Crippen LogP contribution in [0.5, 0.6) is 0 Å². The number of carbonyl (C=O) groups excluding carboxylic acids is 1. The molecule has 10 heteroatoms.